The number of aromatic hydroxyl groups is 3. The molecule has 7 fully saturated rings. The van der Waals surface area contributed by atoms with Crippen molar-refractivity contribution in [2.75, 3.05) is 144 Å². The lowest BCUT2D eigenvalue weighted by Crippen LogP contribution is -2.46. The van der Waals surface area contributed by atoms with Gasteiger partial charge >= 0.3 is 22.2 Å². The van der Waals surface area contributed by atoms with E-state index in [1.54, 1.807) is 30.6 Å². The molecule has 8 aliphatic rings. The Kier molecular flexibility index (Phi) is 35.8. The summed E-state index contributed by atoms with van der Waals surface area (Å²) in [5, 5.41) is 52.0. The van der Waals surface area contributed by atoms with E-state index in [9.17, 15) is 34.5 Å². The molecule has 9 heterocycles. The smallest absolute Gasteiger partial charge is 0.316 e. The molecule has 147 heavy (non-hydrogen) atoms. The number of fused-ring (bicyclic) bond motifs is 1. The molecule has 0 bridgehead atoms. The molecule has 4 aliphatic carbocycles. The van der Waals surface area contributed by atoms with Crippen molar-refractivity contribution in [3.05, 3.63) is 329 Å². The molecular weight excluding hydrogens is 1850 g/mol. The van der Waals surface area contributed by atoms with Crippen molar-refractivity contribution < 1.29 is 34.3 Å². The van der Waals surface area contributed by atoms with Crippen LogP contribution in [0, 0.1) is 31.6 Å². The molecule has 0 atom stereocenters. The fraction of sp³-hybridized carbons (Fsp3) is 0.432. The Morgan fingerprint density at radius 2 is 0.633 bits per heavy atom. The topological polar surface area (TPSA) is 281 Å². The third kappa shape index (κ3) is 27.3. The highest BCUT2D eigenvalue weighted by Crippen LogP contribution is 2.37. The molecule has 0 amide bonds. The fourth-order valence-electron chi connectivity index (χ4n) is 22.1. The van der Waals surface area contributed by atoms with Crippen LogP contribution in [0.2, 0.25) is 0 Å². The van der Waals surface area contributed by atoms with Crippen LogP contribution >= 0.6 is 0 Å². The SMILES string of the molecule is CCn1ncc(CN2CCN(c3cnn(-c4ccccc4)c(=O)c3OCCC3CCCCC3)CC2)c1C.Cc1cccc(CN2CCN(c3cnn(-c4ccccc4)c(=O)c3OCCC3CCCCC3)CC2)c1.O=c1c(OC2Cc3ccccc3C2)c(N2CCN(Cc3cccc(O)c3)CC2)cnn1-c1ccccc1.O=c1c(OCCC2CCCCC2)c(N2CCN(Cc3cc(O)cc(O)c3)CC2)cnn1-c1ccccc1. The van der Waals surface area contributed by atoms with E-state index in [0.717, 1.165) is 220 Å². The van der Waals surface area contributed by atoms with Crippen molar-refractivity contribution >= 4 is 22.7 Å². The highest BCUT2D eigenvalue weighted by atomic mass is 16.5. The maximum absolute atomic E-state index is 13.7. The third-order valence-corrected chi connectivity index (χ3v) is 30.4. The summed E-state index contributed by atoms with van der Waals surface area (Å²) in [5.41, 5.74) is 15.0. The van der Waals surface area contributed by atoms with Crippen LogP contribution in [-0.4, -0.2) is 214 Å². The second-order valence-corrected chi connectivity index (χ2v) is 40.6. The van der Waals surface area contributed by atoms with E-state index in [2.05, 4.69) is 139 Å². The summed E-state index contributed by atoms with van der Waals surface area (Å²) < 4.78 is 33.2. The quantitative estimate of drug-likeness (QED) is 0.0364. The zero-order valence-corrected chi connectivity index (χ0v) is 85.7. The number of aromatic nitrogens is 10. The van der Waals surface area contributed by atoms with Crippen LogP contribution < -0.4 is 60.8 Å². The molecule has 13 aromatic rings. The van der Waals surface area contributed by atoms with Crippen LogP contribution in [0.25, 0.3) is 22.7 Å². The number of phenols is 3. The molecule has 8 aromatic carbocycles. The second kappa shape index (κ2) is 51.0. The van der Waals surface area contributed by atoms with E-state index in [1.807, 2.05) is 158 Å². The Morgan fingerprint density at radius 3 is 0.980 bits per heavy atom. The number of hydrogen-bond donors (Lipinski definition) is 3. The Hall–Kier alpha value is -13.9. The molecule has 0 spiro atoms. The molecule has 21 rings (SSSR count). The Morgan fingerprint density at radius 1 is 0.313 bits per heavy atom. The minimum absolute atomic E-state index is 0.0636. The molecule has 4 aliphatic heterocycles. The average molecular weight is 1990 g/mol. The van der Waals surface area contributed by atoms with Crippen molar-refractivity contribution in [2.45, 2.75) is 188 Å². The zero-order chi connectivity index (χ0) is 101. The standard InChI is InChI=1S/C30H30N4O3.C30H38N4O2.C29H40N6O2.C29H36N4O4/c35-26-12-6-7-22(17-26)21-32-13-15-33(16-14-32)28-20-31-34(25-10-2-1-3-11-25)30(36)29(28)37-27-18-23-8-4-5-9-24(23)19-27;1-24-9-8-12-26(21-24)23-32-16-18-33(19-17-32)28-22-31-34(27-13-6-3-7-14-27)30(35)29(28)36-20-15-25-10-4-2-5-11-25;1-3-34-23(2)25(20-30-34)22-32-15-17-33(18-16-32)27-21-31-35(26-12-8-5-9-13-26)29(36)28(27)37-19-14-24-10-6-4-7-11-24;34-25-17-23(18-26(35)19-25)21-31-12-14-32(15-13-31)27-20-30-33(24-9-5-2-6-10-24)29(36)28(27)37-16-11-22-7-3-1-4-8-22/h1-12,17,20,27,35H,13-16,18-19,21H2;3,6-9,12-14,21-22,25H,2,4-5,10-11,15-20,23H2,1H3;5,8-9,12-13,20-21,24H,3-4,6-7,10-11,14-19,22H2,1-2H3;2,5-6,9-10,17-20,22,34-35H,1,3-4,7-8,11-16,21H2. The second-order valence-electron chi connectivity index (χ2n) is 40.6. The summed E-state index contributed by atoms with van der Waals surface area (Å²) >= 11 is 0. The van der Waals surface area contributed by atoms with Gasteiger partial charge < -0.3 is 53.9 Å². The first-order chi connectivity index (χ1) is 72.0. The molecule has 29 heteroatoms. The third-order valence-electron chi connectivity index (χ3n) is 30.4. The van der Waals surface area contributed by atoms with E-state index < -0.39 is 0 Å². The summed E-state index contributed by atoms with van der Waals surface area (Å²) in [6.07, 6.45) is 33.1. The van der Waals surface area contributed by atoms with Crippen LogP contribution in [0.4, 0.5) is 22.7 Å². The predicted octanol–water partition coefficient (Wildman–Crippen LogP) is 17.8. The molecule has 5 aromatic heterocycles. The number of rotatable bonds is 31. The van der Waals surface area contributed by atoms with E-state index in [0.29, 0.717) is 67.1 Å². The summed E-state index contributed by atoms with van der Waals surface area (Å²) in [6.45, 7) is 25.5. The molecule has 0 unspecified atom stereocenters. The maximum Gasteiger partial charge on any atom is 0.316 e. The normalized spacial score (nSPS) is 16.9. The predicted molar refractivity (Wildman–Crippen MR) is 579 cm³/mol. The molecule has 772 valence electrons. The summed E-state index contributed by atoms with van der Waals surface area (Å²) in [4.78, 5) is 73.0. The first kappa shape index (κ1) is 103. The monoisotopic (exact) mass is 1990 g/mol. The van der Waals surface area contributed by atoms with Gasteiger partial charge in [0.05, 0.1) is 73.6 Å². The number of piperazine rings is 4. The van der Waals surface area contributed by atoms with Crippen LogP contribution in [0.3, 0.4) is 0 Å². The van der Waals surface area contributed by atoms with E-state index in [-0.39, 0.29) is 45.6 Å². The van der Waals surface area contributed by atoms with E-state index in [1.165, 1.54) is 155 Å². The number of nitrogens with zero attached hydrogens (tertiary/aromatic N) is 18. The minimum atomic E-state index is -0.234. The van der Waals surface area contributed by atoms with E-state index >= 15 is 0 Å². The molecule has 3 saturated carbocycles. The molecule has 0 radical (unpaired) electrons. The Labute approximate surface area is 862 Å². The van der Waals surface area contributed by atoms with Gasteiger partial charge in [-0.3, -0.25) is 43.5 Å². The zero-order valence-electron chi connectivity index (χ0n) is 85.7. The van der Waals surface area contributed by atoms with Gasteiger partial charge in [-0.1, -0.05) is 235 Å². The van der Waals surface area contributed by atoms with E-state index in [4.69, 9.17) is 18.9 Å². The maximum atomic E-state index is 13.7. The van der Waals surface area contributed by atoms with Gasteiger partial charge in [-0.25, -0.2) is 0 Å². The number of anilines is 4. The number of para-hydroxylation sites is 4. The molecule has 4 saturated heterocycles. The minimum Gasteiger partial charge on any atom is -0.508 e. The lowest BCUT2D eigenvalue weighted by molar-refractivity contribution is 0.207. The van der Waals surface area contributed by atoms with Gasteiger partial charge in [-0.05, 0) is 158 Å². The van der Waals surface area contributed by atoms with Crippen LogP contribution in [0.1, 0.15) is 167 Å². The van der Waals surface area contributed by atoms with Gasteiger partial charge in [0.2, 0.25) is 23.0 Å². The number of ether oxygens (including phenoxy) is 4. The lowest BCUT2D eigenvalue weighted by Gasteiger charge is -2.36. The van der Waals surface area contributed by atoms with Crippen LogP contribution in [-0.2, 0) is 45.6 Å². The lowest BCUT2D eigenvalue weighted by atomic mass is 9.87. The average Bonchev–Trinajstić information content (AvgIpc) is 1.25. The number of hydrogen-bond acceptors (Lipinski definition) is 24. The highest BCUT2D eigenvalue weighted by Gasteiger charge is 2.33. The Balaban J connectivity index is 0.000000128. The summed E-state index contributed by atoms with van der Waals surface area (Å²) in [5.74, 6) is 4.14. The fourth-order valence-corrected chi connectivity index (χ4v) is 22.1. The first-order valence-corrected chi connectivity index (χ1v) is 53.6. The molecule has 3 N–H and O–H groups in total. The molecular formula is C118H144N18O11. The number of phenolic OH excluding ortho intramolecular Hbond substituents is 3. The van der Waals surface area contributed by atoms with Gasteiger partial charge in [0.25, 0.3) is 0 Å². The first-order valence-electron chi connectivity index (χ1n) is 53.6. The summed E-state index contributed by atoms with van der Waals surface area (Å²) in [7, 11) is 0. The van der Waals surface area contributed by atoms with Crippen molar-refractivity contribution in [1.82, 2.24) is 68.5 Å². The largest absolute Gasteiger partial charge is 0.508 e. The van der Waals surface area contributed by atoms with Gasteiger partial charge in [-0.15, -0.1) is 0 Å². The van der Waals surface area contributed by atoms with Crippen molar-refractivity contribution in [3.8, 4) is 63.0 Å². The number of benzene rings is 8. The summed E-state index contributed by atoms with van der Waals surface area (Å²) in [6, 6.07) is 67.4. The Bertz CT molecular complexity index is 6610. The number of aryl methyl sites for hydroxylation is 2. The van der Waals surface area contributed by atoms with Crippen LogP contribution in [0.15, 0.2) is 262 Å². The van der Waals surface area contributed by atoms with Gasteiger partial charge in [0.15, 0.2) is 0 Å². The molecule has 29 nitrogen and oxygen atoms in total. The van der Waals surface area contributed by atoms with Gasteiger partial charge in [0.1, 0.15) is 46.1 Å². The van der Waals surface area contributed by atoms with Gasteiger partial charge in [0, 0.05) is 168 Å². The highest BCUT2D eigenvalue weighted by molar-refractivity contribution is 5.61. The van der Waals surface area contributed by atoms with Gasteiger partial charge in [-0.2, -0.15) is 44.2 Å². The van der Waals surface area contributed by atoms with Crippen molar-refractivity contribution in [1.29, 1.82) is 0 Å². The van der Waals surface area contributed by atoms with Crippen molar-refractivity contribution in [3.63, 3.8) is 0 Å². The van der Waals surface area contributed by atoms with Crippen LogP contribution in [0.5, 0.6) is 40.2 Å². The van der Waals surface area contributed by atoms with Crippen molar-refractivity contribution in [2.24, 2.45) is 17.8 Å².